The van der Waals surface area contributed by atoms with Crippen LogP contribution in [0.3, 0.4) is 0 Å². The molecule has 4 heteroatoms. The highest BCUT2D eigenvalue weighted by Crippen LogP contribution is 2.30. The van der Waals surface area contributed by atoms with Gasteiger partial charge in [-0.25, -0.2) is 8.42 Å². The fraction of sp³-hybridized carbons (Fsp3) is 0.571. The Balaban J connectivity index is 2.33. The van der Waals surface area contributed by atoms with E-state index in [4.69, 9.17) is 5.73 Å². The maximum Gasteiger partial charge on any atom is 0.155 e. The molecule has 2 atom stereocenters. The van der Waals surface area contributed by atoms with Gasteiger partial charge in [0.2, 0.25) is 0 Å². The van der Waals surface area contributed by atoms with Crippen molar-refractivity contribution in [2.45, 2.75) is 44.4 Å². The van der Waals surface area contributed by atoms with Crippen LogP contribution in [0.2, 0.25) is 0 Å². The van der Waals surface area contributed by atoms with E-state index in [2.05, 4.69) is 6.07 Å². The van der Waals surface area contributed by atoms with E-state index in [1.165, 1.54) is 5.56 Å². The summed E-state index contributed by atoms with van der Waals surface area (Å²) in [6.45, 7) is 4.03. The van der Waals surface area contributed by atoms with Crippen molar-refractivity contribution in [1.82, 2.24) is 0 Å². The highest BCUT2D eigenvalue weighted by Gasteiger charge is 2.34. The number of aryl methyl sites for hydroxylation is 2. The first-order valence-corrected chi connectivity index (χ1v) is 8.17. The minimum atomic E-state index is -3.02. The second-order valence-electron chi connectivity index (χ2n) is 5.29. The van der Waals surface area contributed by atoms with E-state index in [1.54, 1.807) is 0 Å². The average molecular weight is 267 g/mol. The van der Waals surface area contributed by atoms with E-state index < -0.39 is 21.1 Å². The zero-order chi connectivity index (χ0) is 13.3. The quantitative estimate of drug-likeness (QED) is 0.894. The summed E-state index contributed by atoms with van der Waals surface area (Å²) in [5.41, 5.74) is 9.45. The third kappa shape index (κ3) is 2.59. The van der Waals surface area contributed by atoms with E-state index in [0.717, 1.165) is 24.0 Å². The minimum absolute atomic E-state index is 0.288. The molecule has 2 unspecified atom stereocenters. The summed E-state index contributed by atoms with van der Waals surface area (Å²) in [5, 5.41) is -0.410. The fourth-order valence-corrected chi connectivity index (χ4v) is 4.81. The van der Waals surface area contributed by atoms with Crippen molar-refractivity contribution < 1.29 is 8.42 Å². The molecule has 0 saturated carbocycles. The van der Waals surface area contributed by atoms with Gasteiger partial charge in [-0.15, -0.1) is 0 Å². The summed E-state index contributed by atoms with van der Waals surface area (Å²) >= 11 is 0. The molecule has 0 aromatic heterocycles. The molecule has 0 aliphatic carbocycles. The molecule has 1 aromatic carbocycles. The van der Waals surface area contributed by atoms with Crippen LogP contribution in [0.4, 0.5) is 0 Å². The van der Waals surface area contributed by atoms with Crippen LogP contribution >= 0.6 is 0 Å². The zero-order valence-electron chi connectivity index (χ0n) is 11.0. The van der Waals surface area contributed by atoms with Crippen molar-refractivity contribution in [2.75, 3.05) is 5.75 Å². The monoisotopic (exact) mass is 267 g/mol. The Hall–Kier alpha value is -0.870. The van der Waals surface area contributed by atoms with Crippen LogP contribution in [0.5, 0.6) is 0 Å². The molecule has 1 fully saturated rings. The number of hydrogen-bond donors (Lipinski definition) is 1. The summed E-state index contributed by atoms with van der Waals surface area (Å²) < 4.78 is 24.2. The van der Waals surface area contributed by atoms with Gasteiger partial charge in [-0.3, -0.25) is 0 Å². The maximum atomic E-state index is 12.1. The lowest BCUT2D eigenvalue weighted by atomic mass is 9.95. The molecule has 1 aromatic rings. The van der Waals surface area contributed by atoms with Crippen LogP contribution in [0.1, 0.15) is 42.0 Å². The SMILES string of the molecule is Cc1ccc(C(N)C2CCCCS2(=O)=O)c(C)c1. The largest absolute Gasteiger partial charge is 0.323 e. The lowest BCUT2D eigenvalue weighted by Crippen LogP contribution is -2.38. The summed E-state index contributed by atoms with van der Waals surface area (Å²) in [6.07, 6.45) is 2.43. The molecule has 1 aliphatic heterocycles. The smallest absolute Gasteiger partial charge is 0.155 e. The molecule has 2 N–H and O–H groups in total. The van der Waals surface area contributed by atoms with Crippen LogP contribution in [0, 0.1) is 13.8 Å². The zero-order valence-corrected chi connectivity index (χ0v) is 11.8. The normalized spacial score (nSPS) is 24.7. The second-order valence-corrected chi connectivity index (χ2v) is 7.63. The van der Waals surface area contributed by atoms with Gasteiger partial charge in [0.25, 0.3) is 0 Å². The molecule has 1 saturated heterocycles. The van der Waals surface area contributed by atoms with Gasteiger partial charge in [0, 0.05) is 6.04 Å². The van der Waals surface area contributed by atoms with E-state index in [-0.39, 0.29) is 5.75 Å². The highest BCUT2D eigenvalue weighted by atomic mass is 32.2. The molecular weight excluding hydrogens is 246 g/mol. The molecule has 0 amide bonds. The van der Waals surface area contributed by atoms with E-state index in [0.29, 0.717) is 6.42 Å². The summed E-state index contributed by atoms with van der Waals surface area (Å²) in [5.74, 6) is 0.288. The molecule has 0 bridgehead atoms. The van der Waals surface area contributed by atoms with Gasteiger partial charge < -0.3 is 5.73 Å². The van der Waals surface area contributed by atoms with E-state index in [1.807, 2.05) is 26.0 Å². The molecule has 3 nitrogen and oxygen atoms in total. The second kappa shape index (κ2) is 5.02. The van der Waals surface area contributed by atoms with Crippen molar-refractivity contribution >= 4 is 9.84 Å². The molecule has 18 heavy (non-hydrogen) atoms. The Morgan fingerprint density at radius 3 is 2.61 bits per heavy atom. The predicted molar refractivity (Wildman–Crippen MR) is 74.3 cm³/mol. The standard InChI is InChI=1S/C14H21NO2S/c1-10-6-7-12(11(2)9-10)14(15)13-5-3-4-8-18(13,16)17/h6-7,9,13-14H,3-5,8,15H2,1-2H3. The summed E-state index contributed by atoms with van der Waals surface area (Å²) in [6, 6.07) is 5.64. The summed E-state index contributed by atoms with van der Waals surface area (Å²) in [4.78, 5) is 0. The van der Waals surface area contributed by atoms with Crippen molar-refractivity contribution in [1.29, 1.82) is 0 Å². The van der Waals surface area contributed by atoms with Gasteiger partial charge in [0.05, 0.1) is 11.0 Å². The topological polar surface area (TPSA) is 60.2 Å². The van der Waals surface area contributed by atoms with Gasteiger partial charge in [-0.2, -0.15) is 0 Å². The van der Waals surface area contributed by atoms with Gasteiger partial charge in [-0.05, 0) is 37.8 Å². The van der Waals surface area contributed by atoms with Crippen LogP contribution in [-0.2, 0) is 9.84 Å². The fourth-order valence-electron chi connectivity index (χ4n) is 2.78. The summed E-state index contributed by atoms with van der Waals surface area (Å²) in [7, 11) is -3.02. The Kier molecular flexibility index (Phi) is 3.78. The lowest BCUT2D eigenvalue weighted by Gasteiger charge is -2.28. The third-order valence-corrected chi connectivity index (χ3v) is 6.12. The minimum Gasteiger partial charge on any atom is -0.323 e. The Bertz CT molecular complexity index is 537. The van der Waals surface area contributed by atoms with Crippen molar-refractivity contribution in [2.24, 2.45) is 5.73 Å². The van der Waals surface area contributed by atoms with Crippen molar-refractivity contribution in [3.63, 3.8) is 0 Å². The number of nitrogens with two attached hydrogens (primary N) is 1. The maximum absolute atomic E-state index is 12.1. The Labute approximate surface area is 109 Å². The Morgan fingerprint density at radius 2 is 2.00 bits per heavy atom. The van der Waals surface area contributed by atoms with E-state index in [9.17, 15) is 8.42 Å². The molecule has 1 heterocycles. The number of hydrogen-bond acceptors (Lipinski definition) is 3. The van der Waals surface area contributed by atoms with E-state index >= 15 is 0 Å². The first kappa shape index (κ1) is 13.6. The Morgan fingerprint density at radius 1 is 1.28 bits per heavy atom. The van der Waals surface area contributed by atoms with Gasteiger partial charge in [0.15, 0.2) is 9.84 Å². The lowest BCUT2D eigenvalue weighted by molar-refractivity contribution is 0.504. The number of benzene rings is 1. The number of rotatable bonds is 2. The highest BCUT2D eigenvalue weighted by molar-refractivity contribution is 7.92. The van der Waals surface area contributed by atoms with Gasteiger partial charge in [0.1, 0.15) is 0 Å². The third-order valence-electron chi connectivity index (χ3n) is 3.81. The van der Waals surface area contributed by atoms with Crippen LogP contribution in [-0.4, -0.2) is 19.4 Å². The first-order chi connectivity index (χ1) is 8.42. The molecule has 2 rings (SSSR count). The van der Waals surface area contributed by atoms with Crippen LogP contribution < -0.4 is 5.73 Å². The van der Waals surface area contributed by atoms with Gasteiger partial charge in [-0.1, -0.05) is 30.2 Å². The van der Waals surface area contributed by atoms with Crippen LogP contribution in [0.15, 0.2) is 18.2 Å². The van der Waals surface area contributed by atoms with Gasteiger partial charge >= 0.3 is 0 Å². The molecular formula is C14H21NO2S. The molecule has 100 valence electrons. The first-order valence-electron chi connectivity index (χ1n) is 6.46. The predicted octanol–water partition coefficient (Wildman–Crippen LogP) is 2.27. The number of sulfone groups is 1. The van der Waals surface area contributed by atoms with Crippen molar-refractivity contribution in [3.05, 3.63) is 34.9 Å². The molecule has 0 spiro atoms. The molecule has 1 aliphatic rings. The van der Waals surface area contributed by atoms with Crippen LogP contribution in [0.25, 0.3) is 0 Å². The average Bonchev–Trinajstić information content (AvgIpc) is 2.27. The van der Waals surface area contributed by atoms with Crippen molar-refractivity contribution in [3.8, 4) is 0 Å². The molecule has 0 radical (unpaired) electrons.